The van der Waals surface area contributed by atoms with Crippen LogP contribution in [0.5, 0.6) is 0 Å². The Balaban J connectivity index is 0. The van der Waals surface area contributed by atoms with Gasteiger partial charge in [0, 0.05) is 0 Å². The first-order valence-electron chi connectivity index (χ1n) is 5.46. The van der Waals surface area contributed by atoms with Crippen molar-refractivity contribution in [2.24, 2.45) is 10.8 Å². The predicted octanol–water partition coefficient (Wildman–Crippen LogP) is -3.68. The Kier molecular flexibility index (Phi) is 7.82. The van der Waals surface area contributed by atoms with Crippen molar-refractivity contribution in [2.75, 3.05) is 6.54 Å². The van der Waals surface area contributed by atoms with Crippen molar-refractivity contribution in [1.82, 2.24) is 7.60 Å². The summed E-state index contributed by atoms with van der Waals surface area (Å²) in [5.74, 6) is 0. The zero-order valence-electron chi connectivity index (χ0n) is 11.2. The van der Waals surface area contributed by atoms with Gasteiger partial charge in [-0.05, 0) is 0 Å². The Morgan fingerprint density at radius 3 is 1.56 bits per heavy atom. The van der Waals surface area contributed by atoms with E-state index in [0.29, 0.717) is 16.4 Å². The van der Waals surface area contributed by atoms with Crippen LogP contribution in [0.3, 0.4) is 0 Å². The Labute approximate surface area is 122 Å². The van der Waals surface area contributed by atoms with Crippen LogP contribution in [0.4, 0.5) is 0 Å². The minimum absolute atomic E-state index is 0. The molecule has 0 amide bonds. The standard InChI is InChI=1S/C11H24N2.2ClH.Ti/c1-9(2,3)11(13,7-8-12)10(4,5)6;;;/h12-13H,7-8H2,1-6H3;2*1H;/q-2;;;+4/p-2. The molecule has 0 bridgehead atoms. The van der Waals surface area contributed by atoms with Gasteiger partial charge in [-0.1, -0.05) is 0 Å². The van der Waals surface area contributed by atoms with Crippen molar-refractivity contribution in [3.8, 4) is 0 Å². The smallest absolute Gasteiger partial charge is 1.00 e. The third-order valence-corrected chi connectivity index (χ3v) is 5.08. The normalized spacial score (nSPS) is 19.6. The maximum atomic E-state index is 3.83. The van der Waals surface area contributed by atoms with E-state index >= 15 is 0 Å². The van der Waals surface area contributed by atoms with Gasteiger partial charge in [0.05, 0.1) is 0 Å². The van der Waals surface area contributed by atoms with E-state index in [0.717, 1.165) is 0 Å². The second-order valence-electron chi connectivity index (χ2n) is 6.33. The van der Waals surface area contributed by atoms with Gasteiger partial charge in [0.1, 0.15) is 0 Å². The van der Waals surface area contributed by atoms with Crippen molar-refractivity contribution < 1.29 is 44.5 Å². The average Bonchev–Trinajstić information content (AvgIpc) is 2.02. The third kappa shape index (κ3) is 3.60. The molecule has 1 fully saturated rings. The van der Waals surface area contributed by atoms with Gasteiger partial charge in [-0.25, -0.2) is 0 Å². The van der Waals surface area contributed by atoms with Crippen LogP contribution < -0.4 is 32.4 Å². The molecule has 1 aliphatic rings. The second-order valence-corrected chi connectivity index (χ2v) is 7.66. The number of rotatable bonds is 0. The van der Waals surface area contributed by atoms with Crippen LogP contribution in [0.2, 0.25) is 0 Å². The minimum Gasteiger partial charge on any atom is -1.00 e. The van der Waals surface area contributed by atoms with E-state index in [1.165, 1.54) is 13.0 Å². The van der Waals surface area contributed by atoms with Crippen LogP contribution in [0.15, 0.2) is 0 Å². The quantitative estimate of drug-likeness (QED) is 0.451. The number of nitrogens with one attached hydrogen (secondary N) is 2. The summed E-state index contributed by atoms with van der Waals surface area (Å²) < 4.78 is 7.32. The summed E-state index contributed by atoms with van der Waals surface area (Å²) >= 11 is -0.136. The fraction of sp³-hybridized carbons (Fsp3) is 1.00. The van der Waals surface area contributed by atoms with Gasteiger partial charge in [0.2, 0.25) is 0 Å². The molecule has 0 radical (unpaired) electrons. The fourth-order valence-electron chi connectivity index (χ4n) is 2.78. The van der Waals surface area contributed by atoms with Crippen LogP contribution in [0.1, 0.15) is 48.0 Å². The van der Waals surface area contributed by atoms with Gasteiger partial charge in [0.15, 0.2) is 0 Å². The van der Waals surface area contributed by atoms with Crippen molar-refractivity contribution in [2.45, 2.75) is 53.5 Å². The van der Waals surface area contributed by atoms with Crippen LogP contribution >= 0.6 is 0 Å². The van der Waals surface area contributed by atoms with E-state index < -0.39 is 0 Å². The summed E-state index contributed by atoms with van der Waals surface area (Å²) in [5.41, 5.74) is 0.957. The summed E-state index contributed by atoms with van der Waals surface area (Å²) in [7, 11) is 0. The van der Waals surface area contributed by atoms with Gasteiger partial charge >= 0.3 is 98.1 Å². The molecular formula is C11H24Cl2N2Ti. The molecule has 1 heterocycles. The topological polar surface area (TPSA) is 24.1 Å². The van der Waals surface area contributed by atoms with E-state index in [1.54, 1.807) is 0 Å². The molecule has 1 rings (SSSR count). The monoisotopic (exact) mass is 302 g/mol. The summed E-state index contributed by atoms with van der Waals surface area (Å²) in [6, 6.07) is 0. The number of halogens is 2. The molecule has 1 saturated heterocycles. The second kappa shape index (κ2) is 6.40. The van der Waals surface area contributed by atoms with Crippen LogP contribution in [-0.2, 0) is 19.7 Å². The maximum Gasteiger partial charge on any atom is -1.00 e. The van der Waals surface area contributed by atoms with E-state index in [9.17, 15) is 0 Å². The Hall–Kier alpha value is 1.21. The Bertz CT molecular complexity index is 187. The zero-order chi connectivity index (χ0) is 11.0. The molecule has 5 heteroatoms. The molecule has 0 aliphatic carbocycles. The molecule has 2 N–H and O–H groups in total. The number of hydrogen-bond acceptors (Lipinski definition) is 2. The molecule has 96 valence electrons. The minimum atomic E-state index is -0.136. The SMILES string of the molecule is CC(C)(C)C1(C(C)(C)C)CC[NH][Ti+2][NH]1.[Cl-].[Cl-]. The third-order valence-electron chi connectivity index (χ3n) is 3.55. The maximum absolute atomic E-state index is 3.83. The van der Waals surface area contributed by atoms with Gasteiger partial charge in [0.25, 0.3) is 0 Å². The molecule has 0 aromatic heterocycles. The molecule has 16 heavy (non-hydrogen) atoms. The van der Waals surface area contributed by atoms with Crippen molar-refractivity contribution in [1.29, 1.82) is 0 Å². The summed E-state index contributed by atoms with van der Waals surface area (Å²) in [6.07, 6.45) is 1.24. The Morgan fingerprint density at radius 2 is 1.38 bits per heavy atom. The summed E-state index contributed by atoms with van der Waals surface area (Å²) in [4.78, 5) is 0. The summed E-state index contributed by atoms with van der Waals surface area (Å²) in [6.45, 7) is 15.4. The molecule has 2 nitrogen and oxygen atoms in total. The van der Waals surface area contributed by atoms with Crippen molar-refractivity contribution in [3.05, 3.63) is 0 Å². The number of hydrogen-bond donors (Lipinski definition) is 2. The van der Waals surface area contributed by atoms with E-state index in [2.05, 4.69) is 49.1 Å². The Morgan fingerprint density at radius 1 is 0.938 bits per heavy atom. The largest absolute Gasteiger partial charge is 1.00 e. The molecule has 0 aromatic carbocycles. The fourth-order valence-corrected chi connectivity index (χ4v) is 5.00. The molecule has 1 aliphatic heterocycles. The van der Waals surface area contributed by atoms with Crippen molar-refractivity contribution >= 4 is 0 Å². The van der Waals surface area contributed by atoms with Gasteiger partial charge in [-0.15, -0.1) is 0 Å². The zero-order valence-corrected chi connectivity index (χ0v) is 14.2. The first-order valence-corrected chi connectivity index (χ1v) is 7.02. The van der Waals surface area contributed by atoms with Crippen molar-refractivity contribution in [3.63, 3.8) is 0 Å². The molecule has 0 aromatic rings. The molecule has 0 atom stereocenters. The predicted molar refractivity (Wildman–Crippen MR) is 57.4 cm³/mol. The van der Waals surface area contributed by atoms with Gasteiger partial charge in [-0.3, -0.25) is 0 Å². The van der Waals surface area contributed by atoms with Crippen LogP contribution in [0.25, 0.3) is 0 Å². The van der Waals surface area contributed by atoms with E-state index in [1.807, 2.05) is 0 Å². The van der Waals surface area contributed by atoms with E-state index in [-0.39, 0.29) is 44.5 Å². The van der Waals surface area contributed by atoms with E-state index in [4.69, 9.17) is 0 Å². The van der Waals surface area contributed by atoms with Crippen LogP contribution in [-0.4, -0.2) is 12.1 Å². The average molecular weight is 303 g/mol. The molecule has 0 spiro atoms. The summed E-state index contributed by atoms with van der Waals surface area (Å²) in [5, 5.41) is 0. The molecule has 0 saturated carbocycles. The van der Waals surface area contributed by atoms with Gasteiger partial charge in [-0.2, -0.15) is 0 Å². The first-order chi connectivity index (χ1) is 6.21. The van der Waals surface area contributed by atoms with Crippen LogP contribution in [0, 0.1) is 10.8 Å². The molecular weight excluding hydrogens is 279 g/mol. The molecule has 0 unspecified atom stereocenters. The first kappa shape index (κ1) is 19.6. The van der Waals surface area contributed by atoms with Gasteiger partial charge < -0.3 is 24.8 Å².